The molecule has 3 rings (SSSR count). The van der Waals surface area contributed by atoms with Crippen molar-refractivity contribution in [2.24, 2.45) is 23.7 Å². The summed E-state index contributed by atoms with van der Waals surface area (Å²) in [4.78, 5) is 0. The van der Waals surface area contributed by atoms with Gasteiger partial charge in [0.25, 0.3) is 0 Å². The van der Waals surface area contributed by atoms with E-state index in [4.69, 9.17) is 0 Å². The molecule has 0 aromatic heterocycles. The molecule has 0 amide bonds. The highest BCUT2D eigenvalue weighted by Crippen LogP contribution is 2.58. The fourth-order valence-corrected chi connectivity index (χ4v) is 5.24. The minimum atomic E-state index is 0.895. The van der Waals surface area contributed by atoms with Crippen molar-refractivity contribution in [3.8, 4) is 0 Å². The van der Waals surface area contributed by atoms with Crippen LogP contribution < -0.4 is 5.32 Å². The Morgan fingerprint density at radius 2 is 2.00 bits per heavy atom. The van der Waals surface area contributed by atoms with Crippen LogP contribution in [0.15, 0.2) is 0 Å². The van der Waals surface area contributed by atoms with Crippen molar-refractivity contribution < 1.29 is 0 Å². The van der Waals surface area contributed by atoms with Gasteiger partial charge in [-0.3, -0.25) is 0 Å². The van der Waals surface area contributed by atoms with E-state index in [9.17, 15) is 0 Å². The molecule has 3 fully saturated rings. The highest BCUT2D eigenvalue weighted by molar-refractivity contribution is 7.98. The maximum atomic E-state index is 3.85. The number of nitrogens with one attached hydrogen (secondary N) is 1. The van der Waals surface area contributed by atoms with Gasteiger partial charge in [-0.15, -0.1) is 0 Å². The van der Waals surface area contributed by atoms with Gasteiger partial charge >= 0.3 is 0 Å². The van der Waals surface area contributed by atoms with Crippen molar-refractivity contribution in [1.82, 2.24) is 5.32 Å². The smallest absolute Gasteiger partial charge is 0.0101 e. The summed E-state index contributed by atoms with van der Waals surface area (Å²) < 4.78 is 0. The summed E-state index contributed by atoms with van der Waals surface area (Å²) in [6.45, 7) is 1.26. The van der Waals surface area contributed by atoms with Crippen molar-refractivity contribution in [3.63, 3.8) is 0 Å². The molecular formula is C14H25NS. The quantitative estimate of drug-likeness (QED) is 0.740. The number of hydrogen-bond acceptors (Lipinski definition) is 2. The lowest BCUT2D eigenvalue weighted by molar-refractivity contribution is 0.209. The summed E-state index contributed by atoms with van der Waals surface area (Å²) in [5.41, 5.74) is 0. The van der Waals surface area contributed by atoms with Gasteiger partial charge in [-0.2, -0.15) is 11.8 Å². The van der Waals surface area contributed by atoms with Crippen LogP contribution in [-0.2, 0) is 0 Å². The Morgan fingerprint density at radius 3 is 2.88 bits per heavy atom. The number of rotatable bonds is 5. The molecule has 3 aliphatic carbocycles. The Morgan fingerprint density at radius 1 is 1.12 bits per heavy atom. The minimum absolute atomic E-state index is 0.895. The second-order valence-corrected chi connectivity index (χ2v) is 7.05. The Bertz CT molecular complexity index is 243. The molecule has 0 aromatic rings. The normalized spacial score (nSPS) is 45.2. The van der Waals surface area contributed by atoms with Crippen LogP contribution >= 0.6 is 11.8 Å². The molecule has 16 heavy (non-hydrogen) atoms. The summed E-state index contributed by atoms with van der Waals surface area (Å²) in [6.07, 6.45) is 11.3. The lowest BCUT2D eigenvalue weighted by Gasteiger charge is -2.32. The second-order valence-electron chi connectivity index (χ2n) is 6.06. The van der Waals surface area contributed by atoms with E-state index in [1.807, 2.05) is 11.8 Å². The van der Waals surface area contributed by atoms with E-state index in [1.165, 1.54) is 31.6 Å². The zero-order chi connectivity index (χ0) is 11.0. The van der Waals surface area contributed by atoms with Crippen molar-refractivity contribution in [1.29, 1.82) is 0 Å². The van der Waals surface area contributed by atoms with Crippen LogP contribution in [0.4, 0.5) is 0 Å². The van der Waals surface area contributed by atoms with Crippen LogP contribution in [0.5, 0.6) is 0 Å². The summed E-state index contributed by atoms with van der Waals surface area (Å²) >= 11 is 1.97. The second kappa shape index (κ2) is 4.89. The summed E-state index contributed by atoms with van der Waals surface area (Å²) in [7, 11) is 0. The van der Waals surface area contributed by atoms with Crippen molar-refractivity contribution in [2.75, 3.05) is 18.6 Å². The molecule has 2 heteroatoms. The summed E-state index contributed by atoms with van der Waals surface area (Å²) in [5, 5.41) is 3.85. The molecule has 0 aliphatic heterocycles. The van der Waals surface area contributed by atoms with Gasteiger partial charge in [0.15, 0.2) is 0 Å². The first-order valence-electron chi connectivity index (χ1n) is 7.12. The zero-order valence-corrected chi connectivity index (χ0v) is 11.3. The largest absolute Gasteiger partial charge is 0.314 e. The molecule has 1 nitrogen and oxygen atoms in total. The Balaban J connectivity index is 1.48. The molecule has 1 N–H and O–H groups in total. The Hall–Kier alpha value is 0.310. The third kappa shape index (κ3) is 1.92. The van der Waals surface area contributed by atoms with Gasteiger partial charge in [0.1, 0.15) is 0 Å². The maximum Gasteiger partial charge on any atom is 0.0101 e. The standard InChI is InChI=1S/C14H25NS/c1-16-7-3-6-15-14-9-10-8-13(14)12-5-2-4-11(10)12/h10-15H,2-9H2,1H3. The van der Waals surface area contributed by atoms with E-state index < -0.39 is 0 Å². The fourth-order valence-electron chi connectivity index (χ4n) is 4.81. The lowest BCUT2D eigenvalue weighted by atomic mass is 9.79. The Kier molecular flexibility index (Phi) is 3.49. The molecule has 0 heterocycles. The van der Waals surface area contributed by atoms with Crippen LogP contribution in [0.3, 0.4) is 0 Å². The van der Waals surface area contributed by atoms with E-state index in [2.05, 4.69) is 11.6 Å². The van der Waals surface area contributed by atoms with E-state index in [0.29, 0.717) is 0 Å². The van der Waals surface area contributed by atoms with Gasteiger partial charge in [-0.25, -0.2) is 0 Å². The third-order valence-electron chi connectivity index (χ3n) is 5.36. The topological polar surface area (TPSA) is 12.0 Å². The zero-order valence-electron chi connectivity index (χ0n) is 10.5. The van der Waals surface area contributed by atoms with Crippen LogP contribution in [0.1, 0.15) is 38.5 Å². The summed E-state index contributed by atoms with van der Waals surface area (Å²) in [6, 6.07) is 0.895. The van der Waals surface area contributed by atoms with E-state index >= 15 is 0 Å². The average Bonchev–Trinajstić information content (AvgIpc) is 2.95. The number of hydrogen-bond donors (Lipinski definition) is 1. The first-order valence-corrected chi connectivity index (χ1v) is 8.52. The molecule has 0 aromatic carbocycles. The van der Waals surface area contributed by atoms with Crippen LogP contribution in [0.25, 0.3) is 0 Å². The molecular weight excluding hydrogens is 214 g/mol. The van der Waals surface area contributed by atoms with Crippen molar-refractivity contribution in [2.45, 2.75) is 44.6 Å². The number of thioether (sulfide) groups is 1. The molecule has 0 saturated heterocycles. The van der Waals surface area contributed by atoms with Gasteiger partial charge < -0.3 is 5.32 Å². The molecule has 3 saturated carbocycles. The third-order valence-corrected chi connectivity index (χ3v) is 6.06. The molecule has 0 spiro atoms. The molecule has 5 unspecified atom stereocenters. The van der Waals surface area contributed by atoms with Crippen LogP contribution in [0.2, 0.25) is 0 Å². The van der Waals surface area contributed by atoms with Gasteiger partial charge in [0.05, 0.1) is 0 Å². The van der Waals surface area contributed by atoms with Gasteiger partial charge in [-0.1, -0.05) is 6.42 Å². The van der Waals surface area contributed by atoms with E-state index in [1.54, 1.807) is 19.3 Å². The molecule has 2 bridgehead atoms. The maximum absolute atomic E-state index is 3.85. The van der Waals surface area contributed by atoms with Crippen molar-refractivity contribution >= 4 is 11.8 Å². The minimum Gasteiger partial charge on any atom is -0.314 e. The first-order chi connectivity index (χ1) is 7.90. The Labute approximate surface area is 104 Å². The monoisotopic (exact) mass is 239 g/mol. The van der Waals surface area contributed by atoms with Crippen LogP contribution in [-0.4, -0.2) is 24.6 Å². The van der Waals surface area contributed by atoms with Crippen LogP contribution in [0, 0.1) is 23.7 Å². The predicted octanol–water partition coefficient (Wildman–Crippen LogP) is 3.15. The van der Waals surface area contributed by atoms with Gasteiger partial charge in [0.2, 0.25) is 0 Å². The average molecular weight is 239 g/mol. The number of fused-ring (bicyclic) bond motifs is 5. The molecule has 92 valence electrons. The van der Waals surface area contributed by atoms with E-state index in [0.717, 1.165) is 29.7 Å². The molecule has 5 atom stereocenters. The predicted molar refractivity (Wildman–Crippen MR) is 71.8 cm³/mol. The first kappa shape index (κ1) is 11.4. The fraction of sp³-hybridized carbons (Fsp3) is 1.00. The highest BCUT2D eigenvalue weighted by Gasteiger charge is 2.53. The molecule has 3 aliphatic rings. The SMILES string of the molecule is CSCCCNC1CC2CC1C1CCCC21. The van der Waals surface area contributed by atoms with Gasteiger partial charge in [-0.05, 0) is 74.3 Å². The lowest BCUT2D eigenvalue weighted by Crippen LogP contribution is -2.39. The summed E-state index contributed by atoms with van der Waals surface area (Å²) in [5.74, 6) is 5.76. The van der Waals surface area contributed by atoms with E-state index in [-0.39, 0.29) is 0 Å². The van der Waals surface area contributed by atoms with Gasteiger partial charge in [0, 0.05) is 6.04 Å². The molecule has 0 radical (unpaired) electrons. The van der Waals surface area contributed by atoms with Crippen molar-refractivity contribution in [3.05, 3.63) is 0 Å². The highest BCUT2D eigenvalue weighted by atomic mass is 32.2.